The quantitative estimate of drug-likeness (QED) is 0.723. The van der Waals surface area contributed by atoms with E-state index < -0.39 is 0 Å². The van der Waals surface area contributed by atoms with Gasteiger partial charge < -0.3 is 14.4 Å². The fraction of sp³-hybridized carbons (Fsp3) is 0.455. The van der Waals surface area contributed by atoms with Crippen LogP contribution < -0.4 is 9.64 Å². The predicted molar refractivity (Wildman–Crippen MR) is 108 cm³/mol. The number of morpholine rings is 1. The lowest BCUT2D eigenvalue weighted by atomic mass is 10.1. The molecule has 3 aromatic rings. The van der Waals surface area contributed by atoms with Gasteiger partial charge in [0.2, 0.25) is 0 Å². The average Bonchev–Trinajstić information content (AvgIpc) is 3.15. The summed E-state index contributed by atoms with van der Waals surface area (Å²) in [5.74, 6) is 0.863. The highest BCUT2D eigenvalue weighted by Crippen LogP contribution is 2.42. The SMILES string of the molecule is CC1(Oc2cc3c(-c4ccnc(N5CC6CCC(C5)O6)c4)n[nH]c3cc2F)CC1. The molecule has 1 aliphatic carbocycles. The van der Waals surface area contributed by atoms with Crippen LogP contribution in [0, 0.1) is 5.82 Å². The number of fused-ring (bicyclic) bond motifs is 3. The maximum atomic E-state index is 14.5. The third kappa shape index (κ3) is 3.04. The summed E-state index contributed by atoms with van der Waals surface area (Å²) < 4.78 is 26.3. The van der Waals surface area contributed by atoms with Gasteiger partial charge in [0.25, 0.3) is 0 Å². The molecule has 1 aromatic carbocycles. The topological polar surface area (TPSA) is 63.3 Å². The van der Waals surface area contributed by atoms with Crippen LogP contribution >= 0.6 is 0 Å². The van der Waals surface area contributed by atoms with E-state index in [1.54, 1.807) is 6.07 Å². The van der Waals surface area contributed by atoms with Gasteiger partial charge in [0.1, 0.15) is 17.1 Å². The summed E-state index contributed by atoms with van der Waals surface area (Å²) in [7, 11) is 0. The van der Waals surface area contributed by atoms with E-state index in [1.807, 2.05) is 19.2 Å². The van der Waals surface area contributed by atoms with Crippen molar-refractivity contribution in [2.75, 3.05) is 18.0 Å². The highest BCUT2D eigenvalue weighted by atomic mass is 19.1. The Bertz CT molecular complexity index is 1080. The lowest BCUT2D eigenvalue weighted by Gasteiger charge is -2.33. The number of rotatable bonds is 4. The first-order valence-electron chi connectivity index (χ1n) is 10.3. The van der Waals surface area contributed by atoms with E-state index in [4.69, 9.17) is 9.47 Å². The van der Waals surface area contributed by atoms with E-state index in [1.165, 1.54) is 6.07 Å². The Labute approximate surface area is 168 Å². The van der Waals surface area contributed by atoms with Crippen molar-refractivity contribution in [2.24, 2.45) is 0 Å². The number of anilines is 1. The molecule has 2 aromatic heterocycles. The highest BCUT2D eigenvalue weighted by molar-refractivity contribution is 5.94. The zero-order valence-electron chi connectivity index (χ0n) is 16.3. The second-order valence-electron chi connectivity index (χ2n) is 8.72. The first kappa shape index (κ1) is 17.2. The zero-order chi connectivity index (χ0) is 19.6. The van der Waals surface area contributed by atoms with E-state index in [0.717, 1.165) is 61.2 Å². The number of aromatic nitrogens is 3. The van der Waals surface area contributed by atoms with Gasteiger partial charge in [-0.05, 0) is 50.8 Å². The largest absolute Gasteiger partial charge is 0.484 e. The second-order valence-corrected chi connectivity index (χ2v) is 8.72. The van der Waals surface area contributed by atoms with Crippen molar-refractivity contribution in [3.05, 3.63) is 36.3 Å². The van der Waals surface area contributed by atoms with Gasteiger partial charge in [-0.2, -0.15) is 5.10 Å². The van der Waals surface area contributed by atoms with Crippen LogP contribution in [0.4, 0.5) is 10.2 Å². The lowest BCUT2D eigenvalue weighted by Crippen LogP contribution is -2.43. The van der Waals surface area contributed by atoms with Gasteiger partial charge in [-0.3, -0.25) is 5.10 Å². The minimum atomic E-state index is -0.361. The Morgan fingerprint density at radius 3 is 2.76 bits per heavy atom. The average molecular weight is 394 g/mol. The van der Waals surface area contributed by atoms with Crippen molar-refractivity contribution in [2.45, 2.75) is 50.4 Å². The highest BCUT2D eigenvalue weighted by Gasteiger charge is 2.40. The predicted octanol–water partition coefficient (Wildman–Crippen LogP) is 4.06. The van der Waals surface area contributed by atoms with Gasteiger partial charge in [-0.1, -0.05) is 0 Å². The molecular formula is C22H23FN4O2. The van der Waals surface area contributed by atoms with Crippen LogP contribution in [0.15, 0.2) is 30.5 Å². The first-order valence-corrected chi connectivity index (χ1v) is 10.3. The van der Waals surface area contributed by atoms with Crippen molar-refractivity contribution >= 4 is 16.7 Å². The van der Waals surface area contributed by atoms with E-state index in [2.05, 4.69) is 26.1 Å². The number of ether oxygens (including phenoxy) is 2. The van der Waals surface area contributed by atoms with Crippen molar-refractivity contribution in [1.82, 2.24) is 15.2 Å². The fourth-order valence-corrected chi connectivity index (χ4v) is 4.40. The molecule has 6 nitrogen and oxygen atoms in total. The summed E-state index contributed by atoms with van der Waals surface area (Å²) in [6.45, 7) is 3.75. The molecule has 1 N–H and O–H groups in total. The Morgan fingerprint density at radius 1 is 1.21 bits per heavy atom. The van der Waals surface area contributed by atoms with Crippen molar-refractivity contribution in [3.8, 4) is 17.0 Å². The molecule has 3 fully saturated rings. The smallest absolute Gasteiger partial charge is 0.167 e. The Balaban J connectivity index is 1.36. The minimum Gasteiger partial charge on any atom is -0.484 e. The maximum absolute atomic E-state index is 14.5. The molecule has 2 unspecified atom stereocenters. The lowest BCUT2D eigenvalue weighted by molar-refractivity contribution is 0.0302. The molecule has 0 radical (unpaired) electrons. The Kier molecular flexibility index (Phi) is 3.66. The molecule has 6 rings (SSSR count). The van der Waals surface area contributed by atoms with E-state index in [9.17, 15) is 4.39 Å². The van der Waals surface area contributed by atoms with E-state index in [0.29, 0.717) is 23.5 Å². The summed E-state index contributed by atoms with van der Waals surface area (Å²) in [4.78, 5) is 6.88. The number of halogens is 1. The third-order valence-electron chi connectivity index (χ3n) is 6.31. The molecule has 150 valence electrons. The summed E-state index contributed by atoms with van der Waals surface area (Å²) in [6.07, 6.45) is 6.58. The number of hydrogen-bond acceptors (Lipinski definition) is 5. The fourth-order valence-electron chi connectivity index (χ4n) is 4.40. The molecule has 0 amide bonds. The number of H-pyrrole nitrogens is 1. The van der Waals surface area contributed by atoms with Crippen LogP contribution in [0.5, 0.6) is 5.75 Å². The summed E-state index contributed by atoms with van der Waals surface area (Å²) in [5.41, 5.74) is 2.16. The van der Waals surface area contributed by atoms with Gasteiger partial charge in [-0.25, -0.2) is 9.37 Å². The van der Waals surface area contributed by atoms with E-state index >= 15 is 0 Å². The molecule has 2 saturated heterocycles. The number of nitrogens with one attached hydrogen (secondary N) is 1. The maximum Gasteiger partial charge on any atom is 0.167 e. The van der Waals surface area contributed by atoms with Gasteiger partial charge in [0.15, 0.2) is 11.6 Å². The third-order valence-corrected chi connectivity index (χ3v) is 6.31. The minimum absolute atomic E-state index is 0.238. The molecule has 2 aliphatic heterocycles. The molecule has 1 saturated carbocycles. The molecule has 29 heavy (non-hydrogen) atoms. The Hall–Kier alpha value is -2.67. The van der Waals surface area contributed by atoms with Crippen LogP contribution in [0.2, 0.25) is 0 Å². The normalized spacial score (nSPS) is 24.8. The number of hydrogen-bond donors (Lipinski definition) is 1. The standard InChI is InChI=1S/C22H23FN4O2/c1-22(5-6-22)29-19-9-16-18(10-17(19)23)25-26-21(16)13-4-7-24-20(8-13)27-11-14-2-3-15(12-27)28-14/h4,7-10,14-15H,2-3,5-6,11-12H2,1H3,(H,25,26). The summed E-state index contributed by atoms with van der Waals surface area (Å²) >= 11 is 0. The summed E-state index contributed by atoms with van der Waals surface area (Å²) in [5, 5.41) is 8.28. The van der Waals surface area contributed by atoms with Crippen LogP contribution in [-0.4, -0.2) is 46.1 Å². The molecule has 2 bridgehead atoms. The van der Waals surface area contributed by atoms with Crippen molar-refractivity contribution in [1.29, 1.82) is 0 Å². The first-order chi connectivity index (χ1) is 14.1. The van der Waals surface area contributed by atoms with Crippen molar-refractivity contribution < 1.29 is 13.9 Å². The molecular weight excluding hydrogens is 371 g/mol. The molecule has 4 heterocycles. The van der Waals surface area contributed by atoms with Gasteiger partial charge >= 0.3 is 0 Å². The van der Waals surface area contributed by atoms with Gasteiger partial charge in [0.05, 0.1) is 17.7 Å². The number of aromatic amines is 1. The zero-order valence-corrected chi connectivity index (χ0v) is 16.3. The van der Waals surface area contributed by atoms with E-state index in [-0.39, 0.29) is 11.4 Å². The van der Waals surface area contributed by atoms with Crippen LogP contribution in [0.25, 0.3) is 22.2 Å². The molecule has 7 heteroatoms. The number of pyridine rings is 1. The Morgan fingerprint density at radius 2 is 2.00 bits per heavy atom. The monoisotopic (exact) mass is 394 g/mol. The molecule has 2 atom stereocenters. The van der Waals surface area contributed by atoms with Crippen molar-refractivity contribution in [3.63, 3.8) is 0 Å². The van der Waals surface area contributed by atoms with Gasteiger partial charge in [-0.15, -0.1) is 0 Å². The number of nitrogens with zero attached hydrogens (tertiary/aromatic N) is 3. The van der Waals surface area contributed by atoms with Crippen LogP contribution in [0.1, 0.15) is 32.6 Å². The summed E-state index contributed by atoms with van der Waals surface area (Å²) in [6, 6.07) is 7.24. The van der Waals surface area contributed by atoms with Crippen LogP contribution in [0.3, 0.4) is 0 Å². The molecule has 3 aliphatic rings. The number of benzene rings is 1. The molecule has 0 spiro atoms. The van der Waals surface area contributed by atoms with Gasteiger partial charge in [0, 0.05) is 36.3 Å². The second kappa shape index (κ2) is 6.16. The van der Waals surface area contributed by atoms with Crippen LogP contribution in [-0.2, 0) is 4.74 Å².